The quantitative estimate of drug-likeness (QED) is 0.835. The Morgan fingerprint density at radius 3 is 2.87 bits per heavy atom. The number of amides is 1. The van der Waals surface area contributed by atoms with Crippen LogP contribution in [0.3, 0.4) is 0 Å². The first-order chi connectivity index (χ1) is 11.0. The number of ether oxygens (including phenoxy) is 2. The molecule has 126 valence electrons. The van der Waals surface area contributed by atoms with Crippen LogP contribution in [0.2, 0.25) is 0 Å². The number of carbonyl (C=O) groups excluding carboxylic acids is 1. The number of hydrogen-bond acceptors (Lipinski definition) is 3. The van der Waals surface area contributed by atoms with Gasteiger partial charge >= 0.3 is 6.61 Å². The summed E-state index contributed by atoms with van der Waals surface area (Å²) >= 11 is 0. The molecule has 1 aromatic carbocycles. The highest BCUT2D eigenvalue weighted by Gasteiger charge is 2.58. The topological polar surface area (TPSA) is 38.8 Å². The van der Waals surface area contributed by atoms with Gasteiger partial charge in [-0.1, -0.05) is 12.1 Å². The summed E-state index contributed by atoms with van der Waals surface area (Å²) in [7, 11) is 1.76. The van der Waals surface area contributed by atoms with Crippen LogP contribution in [0.1, 0.15) is 24.8 Å². The van der Waals surface area contributed by atoms with Crippen LogP contribution in [-0.2, 0) is 16.1 Å². The highest BCUT2D eigenvalue weighted by atomic mass is 19.3. The Kier molecular flexibility index (Phi) is 4.53. The average molecular weight is 325 g/mol. The van der Waals surface area contributed by atoms with E-state index >= 15 is 0 Å². The van der Waals surface area contributed by atoms with Gasteiger partial charge in [0.2, 0.25) is 5.91 Å². The molecule has 23 heavy (non-hydrogen) atoms. The summed E-state index contributed by atoms with van der Waals surface area (Å²) in [6.07, 6.45) is 2.85. The zero-order valence-electron chi connectivity index (χ0n) is 13.1. The standard InChI is InChI=1S/C17H21F2NO3/c1-20(11-12-3-2-4-13(9-12)23-16(18)19)15(21)14-10-17(14)5-7-22-8-6-17/h2-4,9,14,16H,5-8,10-11H2,1H3/t14-/m1/s1. The Bertz CT molecular complexity index is 573. The molecule has 0 N–H and O–H groups in total. The predicted octanol–water partition coefficient (Wildman–Crippen LogP) is 3.06. The second-order valence-corrected chi connectivity index (χ2v) is 6.45. The molecule has 1 aromatic rings. The van der Waals surface area contributed by atoms with E-state index in [0.29, 0.717) is 6.54 Å². The summed E-state index contributed by atoms with van der Waals surface area (Å²) in [5.74, 6) is 0.328. The number of benzene rings is 1. The van der Waals surface area contributed by atoms with E-state index in [2.05, 4.69) is 4.74 Å². The number of halogens is 2. The van der Waals surface area contributed by atoms with Gasteiger partial charge < -0.3 is 14.4 Å². The summed E-state index contributed by atoms with van der Waals surface area (Å²) < 4.78 is 34.3. The van der Waals surface area contributed by atoms with Crippen molar-refractivity contribution in [2.75, 3.05) is 20.3 Å². The van der Waals surface area contributed by atoms with E-state index in [4.69, 9.17) is 4.74 Å². The van der Waals surface area contributed by atoms with Crippen LogP contribution in [0.4, 0.5) is 8.78 Å². The van der Waals surface area contributed by atoms with Crippen LogP contribution in [0.25, 0.3) is 0 Å². The monoisotopic (exact) mass is 325 g/mol. The minimum atomic E-state index is -2.84. The van der Waals surface area contributed by atoms with Crippen molar-refractivity contribution in [3.05, 3.63) is 29.8 Å². The molecular weight excluding hydrogens is 304 g/mol. The van der Waals surface area contributed by atoms with E-state index in [1.54, 1.807) is 30.1 Å². The second kappa shape index (κ2) is 6.43. The van der Waals surface area contributed by atoms with Crippen molar-refractivity contribution in [3.63, 3.8) is 0 Å². The lowest BCUT2D eigenvalue weighted by Gasteiger charge is -2.24. The van der Waals surface area contributed by atoms with Crippen molar-refractivity contribution in [2.45, 2.75) is 32.4 Å². The Balaban J connectivity index is 1.59. The molecule has 1 amide bonds. The lowest BCUT2D eigenvalue weighted by Crippen LogP contribution is -2.31. The van der Waals surface area contributed by atoms with Gasteiger partial charge in [0.15, 0.2) is 0 Å². The van der Waals surface area contributed by atoms with Gasteiger partial charge in [0.25, 0.3) is 0 Å². The Morgan fingerprint density at radius 1 is 1.43 bits per heavy atom. The maximum absolute atomic E-state index is 12.6. The van der Waals surface area contributed by atoms with Crippen molar-refractivity contribution < 1.29 is 23.0 Å². The summed E-state index contributed by atoms with van der Waals surface area (Å²) in [5.41, 5.74) is 0.921. The average Bonchev–Trinajstić information content (AvgIpc) is 3.20. The molecule has 0 bridgehead atoms. The first kappa shape index (κ1) is 16.2. The summed E-state index contributed by atoms with van der Waals surface area (Å²) in [5, 5.41) is 0. The Labute approximate surface area is 134 Å². The Morgan fingerprint density at radius 2 is 2.17 bits per heavy atom. The van der Waals surface area contributed by atoms with Crippen molar-refractivity contribution in [3.8, 4) is 5.75 Å². The zero-order valence-corrected chi connectivity index (χ0v) is 13.1. The molecule has 1 aliphatic carbocycles. The molecule has 1 spiro atoms. The molecule has 1 atom stereocenters. The molecule has 0 unspecified atom stereocenters. The number of hydrogen-bond donors (Lipinski definition) is 0. The summed E-state index contributed by atoms with van der Waals surface area (Å²) in [4.78, 5) is 14.3. The van der Waals surface area contributed by atoms with Gasteiger partial charge in [0.1, 0.15) is 5.75 Å². The van der Waals surface area contributed by atoms with E-state index in [0.717, 1.165) is 38.0 Å². The fraction of sp³-hybridized carbons (Fsp3) is 0.588. The zero-order chi connectivity index (χ0) is 16.4. The van der Waals surface area contributed by atoms with Crippen molar-refractivity contribution >= 4 is 5.91 Å². The molecule has 0 aromatic heterocycles. The van der Waals surface area contributed by atoms with Crippen LogP contribution >= 0.6 is 0 Å². The van der Waals surface area contributed by atoms with E-state index < -0.39 is 6.61 Å². The predicted molar refractivity (Wildman–Crippen MR) is 80.1 cm³/mol. The van der Waals surface area contributed by atoms with Crippen LogP contribution in [0, 0.1) is 11.3 Å². The third-order valence-electron chi connectivity index (χ3n) is 4.90. The van der Waals surface area contributed by atoms with Gasteiger partial charge in [-0.05, 0) is 42.4 Å². The van der Waals surface area contributed by atoms with Crippen molar-refractivity contribution in [2.24, 2.45) is 11.3 Å². The molecule has 4 nitrogen and oxygen atoms in total. The van der Waals surface area contributed by atoms with Crippen LogP contribution in [0.15, 0.2) is 24.3 Å². The number of nitrogens with zero attached hydrogens (tertiary/aromatic N) is 1. The van der Waals surface area contributed by atoms with Crippen molar-refractivity contribution in [1.82, 2.24) is 4.90 Å². The largest absolute Gasteiger partial charge is 0.435 e. The SMILES string of the molecule is CN(Cc1cccc(OC(F)F)c1)C(=O)[C@H]1CC12CCOCC2. The van der Waals surface area contributed by atoms with Crippen LogP contribution < -0.4 is 4.74 Å². The fourth-order valence-corrected chi connectivity index (χ4v) is 3.47. The van der Waals surface area contributed by atoms with Gasteiger partial charge in [-0.2, -0.15) is 8.78 Å². The molecule has 2 fully saturated rings. The number of carbonyl (C=O) groups is 1. The van der Waals surface area contributed by atoms with Gasteiger partial charge in [0, 0.05) is 32.7 Å². The lowest BCUT2D eigenvalue weighted by atomic mass is 9.93. The minimum absolute atomic E-state index is 0.0805. The molecule has 1 heterocycles. The third-order valence-corrected chi connectivity index (χ3v) is 4.90. The third kappa shape index (κ3) is 3.63. The van der Waals surface area contributed by atoms with Gasteiger partial charge in [0.05, 0.1) is 0 Å². The van der Waals surface area contributed by atoms with E-state index in [9.17, 15) is 13.6 Å². The normalized spacial score (nSPS) is 22.2. The Hall–Kier alpha value is -1.69. The minimum Gasteiger partial charge on any atom is -0.435 e. The number of rotatable bonds is 5. The van der Waals surface area contributed by atoms with E-state index in [1.807, 2.05) is 0 Å². The molecule has 1 aliphatic heterocycles. The molecule has 1 saturated carbocycles. The molecule has 2 aliphatic rings. The second-order valence-electron chi connectivity index (χ2n) is 6.45. The smallest absolute Gasteiger partial charge is 0.387 e. The maximum Gasteiger partial charge on any atom is 0.387 e. The summed E-state index contributed by atoms with van der Waals surface area (Å²) in [6.45, 7) is -0.979. The van der Waals surface area contributed by atoms with E-state index in [-0.39, 0.29) is 23.0 Å². The first-order valence-electron chi connectivity index (χ1n) is 7.87. The van der Waals surface area contributed by atoms with Crippen LogP contribution in [0.5, 0.6) is 5.75 Å². The number of alkyl halides is 2. The van der Waals surface area contributed by atoms with Crippen molar-refractivity contribution in [1.29, 1.82) is 0 Å². The summed E-state index contributed by atoms with van der Waals surface area (Å²) in [6, 6.07) is 6.49. The molecular formula is C17H21F2NO3. The fourth-order valence-electron chi connectivity index (χ4n) is 3.47. The van der Waals surface area contributed by atoms with Gasteiger partial charge in [-0.15, -0.1) is 0 Å². The molecule has 0 radical (unpaired) electrons. The van der Waals surface area contributed by atoms with Gasteiger partial charge in [-0.3, -0.25) is 4.79 Å². The molecule has 6 heteroatoms. The van der Waals surface area contributed by atoms with E-state index in [1.165, 1.54) is 6.07 Å². The van der Waals surface area contributed by atoms with Crippen LogP contribution in [-0.4, -0.2) is 37.7 Å². The lowest BCUT2D eigenvalue weighted by molar-refractivity contribution is -0.133. The molecule has 1 saturated heterocycles. The van der Waals surface area contributed by atoms with Gasteiger partial charge in [-0.25, -0.2) is 0 Å². The highest BCUT2D eigenvalue weighted by molar-refractivity contribution is 5.82. The first-order valence-corrected chi connectivity index (χ1v) is 7.87. The highest BCUT2D eigenvalue weighted by Crippen LogP contribution is 2.59. The maximum atomic E-state index is 12.6. The molecule has 3 rings (SSSR count).